The molecule has 3 N–H and O–H groups in total. The molecule has 0 spiro atoms. The second-order valence-electron chi connectivity index (χ2n) is 11.8. The number of likely N-dealkylation sites (tertiary alicyclic amines) is 1. The van der Waals surface area contributed by atoms with Crippen LogP contribution in [0.5, 0.6) is 11.5 Å². The van der Waals surface area contributed by atoms with Crippen LogP contribution in [-0.2, 0) is 9.59 Å². The van der Waals surface area contributed by atoms with Crippen molar-refractivity contribution in [2.75, 3.05) is 24.5 Å². The molecule has 2 aromatic carbocycles. The number of para-hydroxylation sites is 1. The number of benzene rings is 2. The molecule has 4 atom stereocenters. The number of hydrogen-bond acceptors (Lipinski definition) is 7. The Balaban J connectivity index is 1.19. The lowest BCUT2D eigenvalue weighted by Crippen LogP contribution is -2.62. The van der Waals surface area contributed by atoms with Crippen LogP contribution in [0.1, 0.15) is 38.7 Å². The first-order valence-corrected chi connectivity index (χ1v) is 15.9. The zero-order valence-corrected chi connectivity index (χ0v) is 25.9. The van der Waals surface area contributed by atoms with Gasteiger partial charge in [0.15, 0.2) is 0 Å². The van der Waals surface area contributed by atoms with Gasteiger partial charge in [-0.15, -0.1) is 0 Å². The Morgan fingerprint density at radius 3 is 2.64 bits per heavy atom. The van der Waals surface area contributed by atoms with Crippen molar-refractivity contribution in [1.29, 1.82) is 5.26 Å². The molecule has 3 unspecified atom stereocenters. The van der Waals surface area contributed by atoms with Crippen molar-refractivity contribution in [2.24, 2.45) is 5.92 Å². The number of aryl methyl sites for hydroxylation is 1. The van der Waals surface area contributed by atoms with Crippen molar-refractivity contribution in [1.82, 2.24) is 20.9 Å². The third kappa shape index (κ3) is 5.67. The number of anilines is 1. The van der Waals surface area contributed by atoms with E-state index in [2.05, 4.69) is 16.0 Å². The highest BCUT2D eigenvalue weighted by molar-refractivity contribution is 8.04. The molecule has 3 saturated heterocycles. The summed E-state index contributed by atoms with van der Waals surface area (Å²) < 4.78 is 6.01. The number of allylic oxidation sites excluding steroid dienone is 1. The molecule has 0 saturated carbocycles. The smallest absolute Gasteiger partial charge is 0.326 e. The molecule has 0 bridgehead atoms. The van der Waals surface area contributed by atoms with Crippen molar-refractivity contribution in [2.45, 2.75) is 57.5 Å². The minimum Gasteiger partial charge on any atom is -0.457 e. The van der Waals surface area contributed by atoms with Crippen LogP contribution >= 0.6 is 11.8 Å². The third-order valence-electron chi connectivity index (χ3n) is 8.62. The second-order valence-corrected chi connectivity index (χ2v) is 13.0. The fraction of sp³-hybridized carbons (Fsp3) is 0.394. The highest BCUT2D eigenvalue weighted by Crippen LogP contribution is 2.48. The number of hydrogen-bond donors (Lipinski definition) is 3. The minimum absolute atomic E-state index is 0.0473. The quantitative estimate of drug-likeness (QED) is 0.323. The molecule has 44 heavy (non-hydrogen) atoms. The lowest BCUT2D eigenvalue weighted by Gasteiger charge is -2.46. The Morgan fingerprint density at radius 1 is 1.11 bits per heavy atom. The topological polar surface area (TPSA) is 127 Å². The van der Waals surface area contributed by atoms with Gasteiger partial charge in [-0.1, -0.05) is 35.5 Å². The predicted octanol–water partition coefficient (Wildman–Crippen LogP) is 4.55. The first kappa shape index (κ1) is 29.8. The van der Waals surface area contributed by atoms with E-state index in [9.17, 15) is 19.6 Å². The van der Waals surface area contributed by atoms with Crippen LogP contribution < -0.4 is 25.6 Å². The number of rotatable bonds is 6. The summed E-state index contributed by atoms with van der Waals surface area (Å²) in [6.07, 6.45) is 2.21. The molecular formula is C33H36N6O4S. The van der Waals surface area contributed by atoms with E-state index in [1.807, 2.05) is 66.4 Å². The number of carbonyl (C=O) groups is 3. The van der Waals surface area contributed by atoms with Gasteiger partial charge in [0.25, 0.3) is 11.8 Å². The summed E-state index contributed by atoms with van der Waals surface area (Å²) in [5.41, 5.74) is 3.23. The molecule has 0 aliphatic carbocycles. The molecule has 4 aliphatic heterocycles. The van der Waals surface area contributed by atoms with Crippen LogP contribution in [0.2, 0.25) is 0 Å². The number of carbonyl (C=O) groups excluding carboxylic acids is 3. The zero-order chi connectivity index (χ0) is 31.0. The molecule has 11 heteroatoms. The molecular weight excluding hydrogens is 576 g/mol. The Bertz CT molecular complexity index is 1590. The number of nitrogens with one attached hydrogen (secondary N) is 3. The molecule has 0 radical (unpaired) electrons. The summed E-state index contributed by atoms with van der Waals surface area (Å²) in [7, 11) is 0. The van der Waals surface area contributed by atoms with Gasteiger partial charge in [-0.05, 0) is 82.5 Å². The van der Waals surface area contributed by atoms with E-state index >= 15 is 0 Å². The molecule has 6 rings (SSSR count). The highest BCUT2D eigenvalue weighted by Gasteiger charge is 2.52. The largest absolute Gasteiger partial charge is 0.457 e. The van der Waals surface area contributed by atoms with E-state index in [1.54, 1.807) is 18.7 Å². The van der Waals surface area contributed by atoms with Crippen LogP contribution in [0.3, 0.4) is 0 Å². The molecule has 3 fully saturated rings. The number of nitrogens with zero attached hydrogens (tertiary/aromatic N) is 3. The molecule has 4 heterocycles. The monoisotopic (exact) mass is 612 g/mol. The average Bonchev–Trinajstić information content (AvgIpc) is 3.38. The summed E-state index contributed by atoms with van der Waals surface area (Å²) in [6, 6.07) is 16.7. The number of amides is 4. The van der Waals surface area contributed by atoms with Crippen LogP contribution in [0.25, 0.3) is 0 Å². The van der Waals surface area contributed by atoms with E-state index < -0.39 is 0 Å². The minimum atomic E-state index is -0.295. The fourth-order valence-electron chi connectivity index (χ4n) is 6.55. The first-order valence-electron chi connectivity index (χ1n) is 15.0. The van der Waals surface area contributed by atoms with Crippen molar-refractivity contribution >= 4 is 35.3 Å². The van der Waals surface area contributed by atoms with Crippen molar-refractivity contribution in [3.8, 4) is 17.6 Å². The number of urea groups is 1. The first-order chi connectivity index (χ1) is 21.2. The number of nitriles is 1. The normalized spacial score (nSPS) is 24.2. The maximum absolute atomic E-state index is 13.7. The van der Waals surface area contributed by atoms with Crippen molar-refractivity contribution in [3.63, 3.8) is 0 Å². The fourth-order valence-corrected chi connectivity index (χ4v) is 7.95. The van der Waals surface area contributed by atoms with E-state index in [1.165, 1.54) is 11.8 Å². The van der Waals surface area contributed by atoms with Gasteiger partial charge < -0.3 is 25.6 Å². The summed E-state index contributed by atoms with van der Waals surface area (Å²) in [5, 5.41) is 19.1. The zero-order valence-electron chi connectivity index (χ0n) is 25.1. The number of piperidine rings is 2. The molecule has 0 aromatic heterocycles. The predicted molar refractivity (Wildman–Crippen MR) is 169 cm³/mol. The number of ether oxygens (including phenoxy) is 1. The van der Waals surface area contributed by atoms with Gasteiger partial charge in [-0.25, -0.2) is 4.79 Å². The highest BCUT2D eigenvalue weighted by atomic mass is 32.2. The van der Waals surface area contributed by atoms with Gasteiger partial charge in [-0.3, -0.25) is 14.5 Å². The number of thioether (sulfide) groups is 1. The molecule has 2 aromatic rings. The standard InChI is InChI=1S/C33H36N6O4S/c1-19(2)24(17-34)32(41)38-15-7-8-21(18-38)36-30(40)29-28-27-26(13-14-35-31(27)44-29)39(33(42)37-28)25-12-11-23(16-20(25)3)43-22-9-5-4-6-10-22/h4-6,9-12,16,21,26-27,31,35H,7-8,13-15,18H2,1-3H3,(H,36,40)(H,37,42)/t21-,26?,27?,31?/m1/s1. The lowest BCUT2D eigenvalue weighted by molar-refractivity contribution is -0.129. The van der Waals surface area contributed by atoms with Crippen molar-refractivity contribution in [3.05, 3.63) is 75.8 Å². The van der Waals surface area contributed by atoms with E-state index in [-0.39, 0.29) is 46.8 Å². The lowest BCUT2D eigenvalue weighted by atomic mass is 9.86. The van der Waals surface area contributed by atoms with Gasteiger partial charge in [0.2, 0.25) is 0 Å². The van der Waals surface area contributed by atoms with Crippen LogP contribution in [0.15, 0.2) is 70.3 Å². The Morgan fingerprint density at radius 2 is 1.91 bits per heavy atom. The van der Waals surface area contributed by atoms with Gasteiger partial charge >= 0.3 is 6.03 Å². The van der Waals surface area contributed by atoms with E-state index in [0.29, 0.717) is 35.0 Å². The maximum atomic E-state index is 13.7. The van der Waals surface area contributed by atoms with Crippen LogP contribution in [-0.4, -0.2) is 59.8 Å². The van der Waals surface area contributed by atoms with Crippen LogP contribution in [0.4, 0.5) is 10.5 Å². The van der Waals surface area contributed by atoms with E-state index in [0.717, 1.165) is 42.8 Å². The Hall–Kier alpha value is -4.27. The van der Waals surface area contributed by atoms with E-state index in [4.69, 9.17) is 4.74 Å². The van der Waals surface area contributed by atoms with Crippen LogP contribution in [0, 0.1) is 24.2 Å². The van der Waals surface area contributed by atoms with Gasteiger partial charge in [0.05, 0.1) is 16.3 Å². The summed E-state index contributed by atoms with van der Waals surface area (Å²) >= 11 is 1.46. The summed E-state index contributed by atoms with van der Waals surface area (Å²) in [5.74, 6) is 0.826. The Kier molecular flexibility index (Phi) is 8.38. The molecule has 10 nitrogen and oxygen atoms in total. The average molecular weight is 613 g/mol. The van der Waals surface area contributed by atoms with Crippen molar-refractivity contribution < 1.29 is 19.1 Å². The summed E-state index contributed by atoms with van der Waals surface area (Å²) in [4.78, 5) is 44.3. The Labute approximate surface area is 261 Å². The summed E-state index contributed by atoms with van der Waals surface area (Å²) in [6.45, 7) is 7.09. The second kappa shape index (κ2) is 12.4. The molecule has 4 amide bonds. The van der Waals surface area contributed by atoms with Gasteiger partial charge in [0.1, 0.15) is 23.1 Å². The molecule has 4 aliphatic rings. The SMILES string of the molecule is CC(C)=C(C#N)C(=O)N1CCC[C@@H](NC(=O)C2=C3NC(=O)N(c4ccc(Oc5ccccc5)cc4C)C4CCNC(S2)C34)C1. The molecule has 228 valence electrons. The van der Waals surface area contributed by atoms with Gasteiger partial charge in [0, 0.05) is 36.4 Å². The third-order valence-corrected chi connectivity index (χ3v) is 9.98. The van der Waals surface area contributed by atoms with Gasteiger partial charge in [-0.2, -0.15) is 5.26 Å². The maximum Gasteiger partial charge on any atom is 0.326 e.